The summed E-state index contributed by atoms with van der Waals surface area (Å²) in [5.74, 6) is -0.296. The Morgan fingerprint density at radius 2 is 1.97 bits per heavy atom. The Hall–Kier alpha value is -1.56. The molecule has 0 spiro atoms. The average molecular weight is 443 g/mol. The fraction of sp³-hybridized carbons (Fsp3) is 0.789. The van der Waals surface area contributed by atoms with Crippen molar-refractivity contribution in [3.05, 3.63) is 18.0 Å². The van der Waals surface area contributed by atoms with Gasteiger partial charge in [-0.1, -0.05) is 6.92 Å². The summed E-state index contributed by atoms with van der Waals surface area (Å²) < 4.78 is 45.6. The van der Waals surface area contributed by atoms with Crippen LogP contribution in [0.25, 0.3) is 0 Å². The molecular weight excluding hydrogens is 411 g/mol. The first-order chi connectivity index (χ1) is 14.3. The molecule has 3 heterocycles. The van der Waals surface area contributed by atoms with E-state index in [1.165, 1.54) is 10.5 Å². The highest BCUT2D eigenvalue weighted by Gasteiger charge is 2.45. The third kappa shape index (κ3) is 4.39. The maximum Gasteiger partial charge on any atom is 0.284 e. The molecule has 30 heavy (non-hydrogen) atoms. The van der Waals surface area contributed by atoms with Gasteiger partial charge in [0.05, 0.1) is 17.8 Å². The number of hydrogen-bond donors (Lipinski definition) is 2. The van der Waals surface area contributed by atoms with Gasteiger partial charge >= 0.3 is 0 Å². The number of amides is 1. The molecule has 3 fully saturated rings. The van der Waals surface area contributed by atoms with Crippen molar-refractivity contribution in [3.63, 3.8) is 0 Å². The minimum absolute atomic E-state index is 0.00943. The molecule has 3 N–H and O–H groups in total. The van der Waals surface area contributed by atoms with Gasteiger partial charge in [-0.05, 0) is 38.5 Å². The first kappa shape index (κ1) is 21.7. The summed E-state index contributed by atoms with van der Waals surface area (Å²) in [6.07, 6.45) is 5.65. The van der Waals surface area contributed by atoms with Crippen molar-refractivity contribution in [2.24, 2.45) is 5.73 Å². The van der Waals surface area contributed by atoms with Crippen LogP contribution in [0.1, 0.15) is 68.3 Å². The summed E-state index contributed by atoms with van der Waals surface area (Å²) in [4.78, 5) is 12.6. The predicted octanol–water partition coefficient (Wildman–Crippen LogP) is 1.15. The van der Waals surface area contributed by atoms with Gasteiger partial charge in [0.25, 0.3) is 16.1 Å². The fourth-order valence-corrected chi connectivity index (χ4v) is 6.32. The summed E-state index contributed by atoms with van der Waals surface area (Å²) in [6.45, 7) is 2.47. The molecule has 4 rings (SSSR count). The van der Waals surface area contributed by atoms with Crippen LogP contribution in [0.3, 0.4) is 0 Å². The Morgan fingerprint density at radius 1 is 1.27 bits per heavy atom. The van der Waals surface area contributed by atoms with Crippen molar-refractivity contribution in [3.8, 4) is 0 Å². The van der Waals surface area contributed by atoms with Gasteiger partial charge in [0.1, 0.15) is 0 Å². The van der Waals surface area contributed by atoms with Gasteiger partial charge in [0.15, 0.2) is 6.30 Å². The lowest BCUT2D eigenvalue weighted by atomic mass is 9.96. The second kappa shape index (κ2) is 8.52. The number of nitrogens with zero attached hydrogens (tertiary/aromatic N) is 4. The monoisotopic (exact) mass is 442 g/mol. The molecule has 3 aliphatic rings. The smallest absolute Gasteiger partial charge is 0.284 e. The number of rotatable bonds is 6. The van der Waals surface area contributed by atoms with E-state index in [0.717, 1.165) is 17.1 Å². The van der Waals surface area contributed by atoms with E-state index in [1.54, 1.807) is 10.9 Å². The van der Waals surface area contributed by atoms with Crippen molar-refractivity contribution in [2.45, 2.75) is 82.3 Å². The molecule has 1 amide bonds. The van der Waals surface area contributed by atoms with E-state index in [-0.39, 0.29) is 18.4 Å². The number of carbonyl (C=O) groups excluding carboxylic acids is 1. The van der Waals surface area contributed by atoms with Crippen LogP contribution in [0.2, 0.25) is 0 Å². The molecular formula is C19H31FN6O3S. The third-order valence-electron chi connectivity index (χ3n) is 6.35. The SMILES string of the molecule is CC[C@H]1C[C@@H](NC(=O)c2cnn(C3CC3)c2)C[C@@H](F)N1S(=O)(=O)N1CCC(N)CC1. The number of hydrogen-bond acceptors (Lipinski definition) is 5. The first-order valence-electron chi connectivity index (χ1n) is 10.8. The lowest BCUT2D eigenvalue weighted by molar-refractivity contribution is 0.0473. The molecule has 11 heteroatoms. The van der Waals surface area contributed by atoms with E-state index >= 15 is 4.39 Å². The first-order valence-corrected chi connectivity index (χ1v) is 12.2. The van der Waals surface area contributed by atoms with Gasteiger partial charge in [-0.3, -0.25) is 9.48 Å². The van der Waals surface area contributed by atoms with Gasteiger partial charge in [-0.25, -0.2) is 4.39 Å². The molecule has 3 atom stereocenters. The molecule has 1 saturated carbocycles. The molecule has 168 valence electrons. The van der Waals surface area contributed by atoms with E-state index < -0.39 is 28.6 Å². The molecule has 1 aliphatic carbocycles. The maximum absolute atomic E-state index is 15.2. The van der Waals surface area contributed by atoms with Crippen LogP contribution in [0.5, 0.6) is 0 Å². The lowest BCUT2D eigenvalue weighted by Crippen LogP contribution is -2.59. The van der Waals surface area contributed by atoms with Crippen molar-refractivity contribution in [1.29, 1.82) is 0 Å². The van der Waals surface area contributed by atoms with Crippen molar-refractivity contribution in [2.75, 3.05) is 13.1 Å². The number of nitrogens with one attached hydrogen (secondary N) is 1. The maximum atomic E-state index is 15.2. The zero-order chi connectivity index (χ0) is 21.5. The number of carbonyl (C=O) groups is 1. The minimum Gasteiger partial charge on any atom is -0.349 e. The molecule has 2 aliphatic heterocycles. The van der Waals surface area contributed by atoms with Gasteiger partial charge in [0.2, 0.25) is 0 Å². The second-order valence-corrected chi connectivity index (χ2v) is 10.5. The average Bonchev–Trinajstić information content (AvgIpc) is 3.43. The summed E-state index contributed by atoms with van der Waals surface area (Å²) in [6, 6.07) is -0.564. The molecule has 0 unspecified atom stereocenters. The standard InChI is InChI=1S/C19H31FN6O3S/c1-2-16-9-15(23-19(27)13-11-22-25(12-13)17-3-4-17)10-18(20)26(16)30(28,29)24-7-5-14(21)6-8-24/h11-12,14-18H,2-10,21H2,1H3,(H,23,27)/t15-,16+,18+/m1/s1. The van der Waals surface area contributed by atoms with Crippen LogP contribution < -0.4 is 11.1 Å². The van der Waals surface area contributed by atoms with Crippen molar-refractivity contribution < 1.29 is 17.6 Å². The van der Waals surface area contributed by atoms with Crippen LogP contribution in [-0.4, -0.2) is 70.2 Å². The lowest BCUT2D eigenvalue weighted by Gasteiger charge is -2.43. The zero-order valence-corrected chi connectivity index (χ0v) is 18.1. The summed E-state index contributed by atoms with van der Waals surface area (Å²) in [7, 11) is -3.91. The summed E-state index contributed by atoms with van der Waals surface area (Å²) in [5, 5.41) is 7.10. The van der Waals surface area contributed by atoms with E-state index in [9.17, 15) is 13.2 Å². The number of aromatic nitrogens is 2. The number of alkyl halides is 1. The highest BCUT2D eigenvalue weighted by Crippen LogP contribution is 2.34. The fourth-order valence-electron chi connectivity index (χ4n) is 4.40. The van der Waals surface area contributed by atoms with E-state index in [2.05, 4.69) is 10.4 Å². The minimum atomic E-state index is -3.91. The predicted molar refractivity (Wildman–Crippen MR) is 110 cm³/mol. The Kier molecular flexibility index (Phi) is 6.16. The molecule has 0 radical (unpaired) electrons. The molecule has 0 aromatic carbocycles. The van der Waals surface area contributed by atoms with Crippen molar-refractivity contribution in [1.82, 2.24) is 23.7 Å². The Balaban J connectivity index is 1.41. The number of halogens is 1. The van der Waals surface area contributed by atoms with Gasteiger partial charge < -0.3 is 11.1 Å². The Morgan fingerprint density at radius 3 is 2.60 bits per heavy atom. The number of piperidine rings is 2. The van der Waals surface area contributed by atoms with Crippen LogP contribution in [0, 0.1) is 0 Å². The van der Waals surface area contributed by atoms with Crippen molar-refractivity contribution >= 4 is 16.1 Å². The quantitative estimate of drug-likeness (QED) is 0.642. The van der Waals surface area contributed by atoms with E-state index in [4.69, 9.17) is 5.73 Å². The molecule has 2 saturated heterocycles. The topological polar surface area (TPSA) is 114 Å². The highest BCUT2D eigenvalue weighted by atomic mass is 32.2. The summed E-state index contributed by atoms with van der Waals surface area (Å²) in [5.41, 5.74) is 6.33. The second-order valence-electron chi connectivity index (χ2n) is 8.65. The largest absolute Gasteiger partial charge is 0.349 e. The van der Waals surface area contributed by atoms with Crippen LogP contribution in [-0.2, 0) is 10.2 Å². The normalized spacial score (nSPS) is 29.8. The Labute approximate surface area is 176 Å². The van der Waals surface area contributed by atoms with Crippen LogP contribution in [0.4, 0.5) is 4.39 Å². The molecule has 1 aromatic heterocycles. The zero-order valence-electron chi connectivity index (χ0n) is 17.3. The molecule has 0 bridgehead atoms. The van der Waals surface area contributed by atoms with Gasteiger partial charge in [-0.15, -0.1) is 0 Å². The van der Waals surface area contributed by atoms with E-state index in [1.807, 2.05) is 6.92 Å². The molecule has 9 nitrogen and oxygen atoms in total. The Bertz CT molecular complexity index is 865. The van der Waals surface area contributed by atoms with Gasteiger partial charge in [-0.2, -0.15) is 22.1 Å². The summed E-state index contributed by atoms with van der Waals surface area (Å²) >= 11 is 0. The van der Waals surface area contributed by atoms with Gasteiger partial charge in [0, 0.05) is 43.8 Å². The molecule has 1 aromatic rings. The highest BCUT2D eigenvalue weighted by molar-refractivity contribution is 7.86. The van der Waals surface area contributed by atoms with Crippen LogP contribution in [0.15, 0.2) is 12.4 Å². The third-order valence-corrected chi connectivity index (χ3v) is 8.43. The number of nitrogens with two attached hydrogens (primary N) is 1. The van der Waals surface area contributed by atoms with E-state index in [0.29, 0.717) is 50.4 Å². The van der Waals surface area contributed by atoms with Crippen LogP contribution >= 0.6 is 0 Å².